The van der Waals surface area contributed by atoms with Crippen molar-refractivity contribution in [1.82, 2.24) is 24.4 Å². The number of benzene rings is 1. The lowest BCUT2D eigenvalue weighted by Gasteiger charge is -2.33. The predicted molar refractivity (Wildman–Crippen MR) is 108 cm³/mol. The zero-order valence-corrected chi connectivity index (χ0v) is 16.8. The number of aromatic nitrogens is 3. The topological polar surface area (TPSA) is 63.0 Å². The highest BCUT2D eigenvalue weighted by Crippen LogP contribution is 2.31. The fraction of sp³-hybridized carbons (Fsp3) is 0.381. The van der Waals surface area contributed by atoms with Gasteiger partial charge in [-0.1, -0.05) is 0 Å². The first-order valence-corrected chi connectivity index (χ1v) is 9.62. The van der Waals surface area contributed by atoms with E-state index in [2.05, 4.69) is 10.1 Å². The van der Waals surface area contributed by atoms with Crippen molar-refractivity contribution < 1.29 is 13.9 Å². The molecule has 152 valence electrons. The van der Waals surface area contributed by atoms with Crippen LogP contribution in [-0.2, 0) is 0 Å². The van der Waals surface area contributed by atoms with E-state index < -0.39 is 0 Å². The highest BCUT2D eigenvalue weighted by atomic mass is 19.1. The molecular formula is C21H24FN5O2. The van der Waals surface area contributed by atoms with Crippen LogP contribution in [0.15, 0.2) is 36.5 Å². The first kappa shape index (κ1) is 19.2. The molecule has 0 N–H and O–H groups in total. The quantitative estimate of drug-likeness (QED) is 0.680. The van der Waals surface area contributed by atoms with E-state index in [0.29, 0.717) is 17.9 Å². The monoisotopic (exact) mass is 397 g/mol. The van der Waals surface area contributed by atoms with E-state index in [4.69, 9.17) is 4.74 Å². The van der Waals surface area contributed by atoms with E-state index in [1.165, 1.54) is 12.1 Å². The first-order chi connectivity index (χ1) is 14.0. The summed E-state index contributed by atoms with van der Waals surface area (Å²) in [7, 11) is 5.08. The molecule has 1 fully saturated rings. The highest BCUT2D eigenvalue weighted by molar-refractivity contribution is 5.74. The number of amides is 2. The average Bonchev–Trinajstić information content (AvgIpc) is 3.16. The average molecular weight is 397 g/mol. The van der Waals surface area contributed by atoms with Gasteiger partial charge in [0, 0.05) is 50.4 Å². The lowest BCUT2D eigenvalue weighted by Crippen LogP contribution is -2.44. The molecule has 1 saturated heterocycles. The summed E-state index contributed by atoms with van der Waals surface area (Å²) in [4.78, 5) is 20.4. The molecule has 1 atom stereocenters. The molecular weight excluding hydrogens is 373 g/mol. The Morgan fingerprint density at radius 2 is 2.10 bits per heavy atom. The second-order valence-electron chi connectivity index (χ2n) is 7.50. The third kappa shape index (κ3) is 3.74. The van der Waals surface area contributed by atoms with Gasteiger partial charge in [-0.25, -0.2) is 18.7 Å². The second kappa shape index (κ2) is 7.69. The number of piperidine rings is 1. The van der Waals surface area contributed by atoms with Crippen molar-refractivity contribution in [2.24, 2.45) is 0 Å². The van der Waals surface area contributed by atoms with Crippen LogP contribution >= 0.6 is 0 Å². The number of likely N-dealkylation sites (tertiary alicyclic amines) is 1. The number of carbonyl (C=O) groups excluding carboxylic acids is 1. The summed E-state index contributed by atoms with van der Waals surface area (Å²) in [6, 6.07) is 8.19. The van der Waals surface area contributed by atoms with Crippen LogP contribution in [-0.4, -0.2) is 64.7 Å². The molecule has 1 aliphatic heterocycles. The van der Waals surface area contributed by atoms with Crippen LogP contribution in [0.2, 0.25) is 0 Å². The van der Waals surface area contributed by atoms with Gasteiger partial charge in [-0.3, -0.25) is 0 Å². The van der Waals surface area contributed by atoms with Crippen LogP contribution in [0.3, 0.4) is 0 Å². The van der Waals surface area contributed by atoms with Gasteiger partial charge in [-0.15, -0.1) is 0 Å². The number of nitrogens with zero attached hydrogens (tertiary/aromatic N) is 5. The van der Waals surface area contributed by atoms with Crippen LogP contribution < -0.4 is 4.74 Å². The number of fused-ring (bicyclic) bond motifs is 1. The predicted octanol–water partition coefficient (Wildman–Crippen LogP) is 3.41. The van der Waals surface area contributed by atoms with E-state index >= 15 is 0 Å². The van der Waals surface area contributed by atoms with Gasteiger partial charge < -0.3 is 14.5 Å². The number of ether oxygens (including phenoxy) is 1. The smallest absolute Gasteiger partial charge is 0.319 e. The largest absolute Gasteiger partial charge is 0.496 e. The van der Waals surface area contributed by atoms with Gasteiger partial charge in [-0.05, 0) is 43.2 Å². The standard InChI is InChI=1S/C21H24FN5O2/c1-25(2)21(28)26-10-4-5-15(12-26)20-23-19-9-6-14(13-27(19)24-20)17-11-16(22)7-8-18(17)29-3/h6-9,11,13,15H,4-5,10,12H2,1-3H3. The molecule has 2 amide bonds. The van der Waals surface area contributed by atoms with Crippen LogP contribution in [0, 0.1) is 5.82 Å². The maximum Gasteiger partial charge on any atom is 0.319 e. The maximum atomic E-state index is 13.8. The Hall–Kier alpha value is -3.16. The van der Waals surface area contributed by atoms with Crippen molar-refractivity contribution in [3.05, 3.63) is 48.2 Å². The molecule has 8 heteroatoms. The molecule has 4 rings (SSSR count). The molecule has 1 aromatic carbocycles. The Labute approximate surface area is 168 Å². The minimum Gasteiger partial charge on any atom is -0.496 e. The molecule has 7 nitrogen and oxygen atoms in total. The molecule has 2 aromatic heterocycles. The van der Waals surface area contributed by atoms with Gasteiger partial charge in [0.2, 0.25) is 0 Å². The Morgan fingerprint density at radius 3 is 2.86 bits per heavy atom. The van der Waals surface area contributed by atoms with Crippen molar-refractivity contribution in [3.8, 4) is 16.9 Å². The van der Waals surface area contributed by atoms with E-state index in [-0.39, 0.29) is 17.8 Å². The number of methoxy groups -OCH3 is 1. The molecule has 3 aromatic rings. The van der Waals surface area contributed by atoms with Gasteiger partial charge in [0.05, 0.1) is 7.11 Å². The Morgan fingerprint density at radius 1 is 1.28 bits per heavy atom. The maximum absolute atomic E-state index is 13.8. The van der Waals surface area contributed by atoms with Crippen molar-refractivity contribution in [3.63, 3.8) is 0 Å². The summed E-state index contributed by atoms with van der Waals surface area (Å²) in [5.74, 6) is 1.09. The second-order valence-corrected chi connectivity index (χ2v) is 7.50. The number of urea groups is 1. The van der Waals surface area contributed by atoms with Gasteiger partial charge in [0.15, 0.2) is 11.5 Å². The number of hydrogen-bond donors (Lipinski definition) is 0. The summed E-state index contributed by atoms with van der Waals surface area (Å²) in [5.41, 5.74) is 2.17. The minimum absolute atomic E-state index is 0.0129. The Kier molecular flexibility index (Phi) is 5.08. The lowest BCUT2D eigenvalue weighted by molar-refractivity contribution is 0.153. The summed E-state index contributed by atoms with van der Waals surface area (Å²) in [6.07, 6.45) is 3.69. The molecule has 29 heavy (non-hydrogen) atoms. The van der Waals surface area contributed by atoms with Crippen molar-refractivity contribution >= 4 is 11.7 Å². The summed E-state index contributed by atoms with van der Waals surface area (Å²) < 4.78 is 20.8. The number of carbonyl (C=O) groups is 1. The minimum atomic E-state index is -0.326. The van der Waals surface area contributed by atoms with Crippen LogP contribution in [0.4, 0.5) is 9.18 Å². The van der Waals surface area contributed by atoms with Crippen LogP contribution in [0.1, 0.15) is 24.6 Å². The number of pyridine rings is 1. The van der Waals surface area contributed by atoms with Crippen molar-refractivity contribution in [1.29, 1.82) is 0 Å². The molecule has 1 unspecified atom stereocenters. The van der Waals surface area contributed by atoms with Gasteiger partial charge in [0.1, 0.15) is 11.6 Å². The molecule has 0 saturated carbocycles. The molecule has 3 heterocycles. The third-order valence-corrected chi connectivity index (χ3v) is 5.26. The van der Waals surface area contributed by atoms with Crippen LogP contribution in [0.25, 0.3) is 16.8 Å². The normalized spacial score (nSPS) is 16.8. The number of halogens is 1. The fourth-order valence-electron chi connectivity index (χ4n) is 3.78. The number of rotatable bonds is 3. The fourth-order valence-corrected chi connectivity index (χ4v) is 3.78. The van der Waals surface area contributed by atoms with Crippen molar-refractivity contribution in [2.45, 2.75) is 18.8 Å². The zero-order chi connectivity index (χ0) is 20.5. The molecule has 0 aliphatic carbocycles. The first-order valence-electron chi connectivity index (χ1n) is 9.62. The Bertz CT molecular complexity index is 1050. The number of hydrogen-bond acceptors (Lipinski definition) is 4. The molecule has 0 radical (unpaired) electrons. The van der Waals surface area contributed by atoms with E-state index in [1.807, 2.05) is 23.2 Å². The SMILES string of the molecule is COc1ccc(F)cc1-c1ccc2nc(C3CCCN(C(=O)N(C)C)C3)nn2c1. The lowest BCUT2D eigenvalue weighted by atomic mass is 9.98. The van der Waals surface area contributed by atoms with Gasteiger partial charge in [-0.2, -0.15) is 5.10 Å². The van der Waals surface area contributed by atoms with Gasteiger partial charge in [0.25, 0.3) is 0 Å². The summed E-state index contributed by atoms with van der Waals surface area (Å²) in [5, 5.41) is 4.66. The summed E-state index contributed by atoms with van der Waals surface area (Å²) in [6.45, 7) is 1.36. The zero-order valence-electron chi connectivity index (χ0n) is 16.8. The summed E-state index contributed by atoms with van der Waals surface area (Å²) >= 11 is 0. The van der Waals surface area contributed by atoms with E-state index in [9.17, 15) is 9.18 Å². The molecule has 0 spiro atoms. The third-order valence-electron chi connectivity index (χ3n) is 5.26. The Balaban J connectivity index is 1.64. The molecule has 0 bridgehead atoms. The van der Waals surface area contributed by atoms with E-state index in [0.717, 1.165) is 36.4 Å². The van der Waals surface area contributed by atoms with E-state index in [1.54, 1.807) is 36.7 Å². The van der Waals surface area contributed by atoms with Gasteiger partial charge >= 0.3 is 6.03 Å². The van der Waals surface area contributed by atoms with Crippen molar-refractivity contribution in [2.75, 3.05) is 34.3 Å². The molecule has 1 aliphatic rings. The van der Waals surface area contributed by atoms with Crippen LogP contribution in [0.5, 0.6) is 5.75 Å². The highest BCUT2D eigenvalue weighted by Gasteiger charge is 2.28.